The van der Waals surface area contributed by atoms with Crippen LogP contribution in [0.25, 0.3) is 0 Å². The topological polar surface area (TPSA) is 123 Å². The van der Waals surface area contributed by atoms with Crippen LogP contribution in [0.1, 0.15) is 20.8 Å². The van der Waals surface area contributed by atoms with Crippen molar-refractivity contribution in [3.05, 3.63) is 50.7 Å². The van der Waals surface area contributed by atoms with Crippen LogP contribution in [-0.4, -0.2) is 24.8 Å². The monoisotopic (exact) mass is 478 g/mol. The summed E-state index contributed by atoms with van der Waals surface area (Å²) in [5.74, 6) is -1.23. The molecule has 0 spiro atoms. The van der Waals surface area contributed by atoms with E-state index in [9.17, 15) is 18.0 Å². The number of amides is 2. The second kappa shape index (κ2) is 7.05. The minimum absolute atomic E-state index is 0.00915. The minimum atomic E-state index is -3.95. The molecule has 24 heavy (non-hydrogen) atoms. The van der Waals surface area contributed by atoms with Gasteiger partial charge in [-0.05, 0) is 56.1 Å². The number of nitrogens with zero attached hydrogens (tertiary/aromatic N) is 1. The van der Waals surface area contributed by atoms with Gasteiger partial charge in [-0.2, -0.15) is 0 Å². The number of carbonyl (C=O) groups is 2. The molecule has 0 saturated carbocycles. The largest absolute Gasteiger partial charge is 0.345 e. The van der Waals surface area contributed by atoms with E-state index in [1.54, 1.807) is 23.9 Å². The Balaban J connectivity index is 2.16. The van der Waals surface area contributed by atoms with Crippen LogP contribution in [0, 0.1) is 0 Å². The fourth-order valence-electron chi connectivity index (χ4n) is 1.85. The third kappa shape index (κ3) is 4.23. The van der Waals surface area contributed by atoms with Gasteiger partial charge < -0.3 is 4.57 Å². The maximum atomic E-state index is 12.2. The van der Waals surface area contributed by atoms with Gasteiger partial charge in [0.15, 0.2) is 0 Å². The number of hydrazine groups is 1. The van der Waals surface area contributed by atoms with Gasteiger partial charge in [0.2, 0.25) is 10.0 Å². The van der Waals surface area contributed by atoms with Crippen molar-refractivity contribution in [1.29, 1.82) is 0 Å². The molecule has 0 fully saturated rings. The van der Waals surface area contributed by atoms with E-state index in [1.165, 1.54) is 12.1 Å². The van der Waals surface area contributed by atoms with Crippen LogP contribution in [0.3, 0.4) is 0 Å². The number of aryl methyl sites for hydroxylation is 1. The summed E-state index contributed by atoms with van der Waals surface area (Å²) in [6.07, 6.45) is 1.68. The second-order valence-corrected chi connectivity index (χ2v) is 8.08. The molecule has 1 aromatic heterocycles. The first-order valence-corrected chi connectivity index (χ1v) is 9.47. The molecule has 0 aliphatic carbocycles. The lowest BCUT2D eigenvalue weighted by molar-refractivity contribution is 0.0841. The van der Waals surface area contributed by atoms with Crippen LogP contribution in [-0.2, 0) is 17.1 Å². The van der Waals surface area contributed by atoms with E-state index in [0.717, 1.165) is 6.07 Å². The molecule has 1 heterocycles. The Bertz CT molecular complexity index is 924. The molecule has 0 atom stereocenters. The number of nitrogens with one attached hydrogen (secondary N) is 2. The van der Waals surface area contributed by atoms with Crippen molar-refractivity contribution in [1.82, 2.24) is 15.4 Å². The third-order valence-electron chi connectivity index (χ3n) is 3.00. The molecule has 0 radical (unpaired) electrons. The number of hydrogen-bond donors (Lipinski definition) is 3. The van der Waals surface area contributed by atoms with Gasteiger partial charge in [0.05, 0.1) is 10.5 Å². The van der Waals surface area contributed by atoms with Gasteiger partial charge in [0.25, 0.3) is 11.8 Å². The highest BCUT2D eigenvalue weighted by Gasteiger charge is 2.17. The number of rotatable bonds is 3. The summed E-state index contributed by atoms with van der Waals surface area (Å²) in [7, 11) is -2.28. The molecule has 0 unspecified atom stereocenters. The summed E-state index contributed by atoms with van der Waals surface area (Å²) < 4.78 is 25.4. The highest BCUT2D eigenvalue weighted by molar-refractivity contribution is 9.10. The van der Waals surface area contributed by atoms with E-state index in [-0.39, 0.29) is 10.5 Å². The Kier molecular flexibility index (Phi) is 5.48. The van der Waals surface area contributed by atoms with Crippen LogP contribution in [0.2, 0.25) is 0 Å². The fraction of sp³-hybridized carbons (Fsp3) is 0.0769. The summed E-state index contributed by atoms with van der Waals surface area (Å²) >= 11 is 6.39. The normalized spacial score (nSPS) is 11.2. The number of hydrogen-bond acceptors (Lipinski definition) is 4. The molecule has 2 amide bonds. The molecule has 1 aromatic carbocycles. The van der Waals surface area contributed by atoms with E-state index < -0.39 is 21.8 Å². The van der Waals surface area contributed by atoms with E-state index in [0.29, 0.717) is 14.6 Å². The maximum absolute atomic E-state index is 12.2. The van der Waals surface area contributed by atoms with Gasteiger partial charge >= 0.3 is 0 Å². The molecule has 2 rings (SSSR count). The summed E-state index contributed by atoms with van der Waals surface area (Å²) in [6.45, 7) is 0. The van der Waals surface area contributed by atoms with Crippen molar-refractivity contribution < 1.29 is 18.0 Å². The van der Waals surface area contributed by atoms with E-state index >= 15 is 0 Å². The van der Waals surface area contributed by atoms with Crippen molar-refractivity contribution in [2.75, 3.05) is 0 Å². The molecule has 4 N–H and O–H groups in total. The summed E-state index contributed by atoms with van der Waals surface area (Å²) in [5, 5.41) is 5.04. The lowest BCUT2D eigenvalue weighted by atomic mass is 10.2. The number of halogens is 2. The Morgan fingerprint density at radius 1 is 1.12 bits per heavy atom. The predicted molar refractivity (Wildman–Crippen MR) is 93.6 cm³/mol. The molecular formula is C13H12Br2N4O4S. The first-order valence-electron chi connectivity index (χ1n) is 6.34. The van der Waals surface area contributed by atoms with Crippen LogP contribution in [0.5, 0.6) is 0 Å². The molecule has 0 aliphatic heterocycles. The molecule has 0 bridgehead atoms. The molecular weight excluding hydrogens is 468 g/mol. The smallest absolute Gasteiger partial charge is 0.286 e. The van der Waals surface area contributed by atoms with E-state index in [4.69, 9.17) is 5.14 Å². The molecule has 128 valence electrons. The van der Waals surface area contributed by atoms with Crippen LogP contribution in [0.4, 0.5) is 0 Å². The number of nitrogens with two attached hydrogens (primary N) is 1. The summed E-state index contributed by atoms with van der Waals surface area (Å²) in [6, 6.07) is 5.33. The van der Waals surface area contributed by atoms with E-state index in [2.05, 4.69) is 42.7 Å². The fourth-order valence-corrected chi connectivity index (χ4v) is 3.34. The van der Waals surface area contributed by atoms with Crippen molar-refractivity contribution >= 4 is 53.7 Å². The zero-order chi connectivity index (χ0) is 18.1. The van der Waals surface area contributed by atoms with Crippen molar-refractivity contribution in [3.63, 3.8) is 0 Å². The molecule has 11 heteroatoms. The Labute approximate surface area is 154 Å². The zero-order valence-electron chi connectivity index (χ0n) is 12.2. The molecule has 0 saturated heterocycles. The number of benzene rings is 1. The first-order chi connectivity index (χ1) is 11.1. The number of carbonyl (C=O) groups excluding carboxylic acids is 2. The van der Waals surface area contributed by atoms with Crippen LogP contribution in [0.15, 0.2) is 44.3 Å². The maximum Gasteiger partial charge on any atom is 0.286 e. The highest BCUT2D eigenvalue weighted by atomic mass is 79.9. The van der Waals surface area contributed by atoms with E-state index in [1.807, 2.05) is 0 Å². The van der Waals surface area contributed by atoms with Crippen LogP contribution < -0.4 is 16.0 Å². The quantitative estimate of drug-likeness (QED) is 0.573. The van der Waals surface area contributed by atoms with Gasteiger partial charge in [0.1, 0.15) is 5.69 Å². The molecule has 0 aliphatic rings. The van der Waals surface area contributed by atoms with Gasteiger partial charge in [-0.3, -0.25) is 20.4 Å². The predicted octanol–water partition coefficient (Wildman–Crippen LogP) is 1.27. The Hall–Kier alpha value is -1.69. The average molecular weight is 480 g/mol. The minimum Gasteiger partial charge on any atom is -0.345 e. The third-order valence-corrected chi connectivity index (χ3v) is 5.04. The number of primary sulfonamides is 1. The Morgan fingerprint density at radius 2 is 1.75 bits per heavy atom. The van der Waals surface area contributed by atoms with Gasteiger partial charge in [-0.1, -0.05) is 0 Å². The molecule has 2 aromatic rings. The summed E-state index contributed by atoms with van der Waals surface area (Å²) in [5.41, 5.74) is 4.80. The van der Waals surface area contributed by atoms with Crippen molar-refractivity contribution in [3.8, 4) is 0 Å². The molecule has 8 nitrogen and oxygen atoms in total. The van der Waals surface area contributed by atoms with Gasteiger partial charge in [-0.25, -0.2) is 13.6 Å². The van der Waals surface area contributed by atoms with Crippen molar-refractivity contribution in [2.24, 2.45) is 12.2 Å². The lowest BCUT2D eigenvalue weighted by Crippen LogP contribution is -2.42. The highest BCUT2D eigenvalue weighted by Crippen LogP contribution is 2.20. The average Bonchev–Trinajstić information content (AvgIpc) is 2.82. The van der Waals surface area contributed by atoms with Crippen molar-refractivity contribution in [2.45, 2.75) is 4.90 Å². The second-order valence-electron chi connectivity index (χ2n) is 4.75. The standard InChI is InChI=1S/C13H12Br2N4O4S/c1-19-6-7(14)4-11(19)13(21)18-17-12(20)9-5-8(24(16,22)23)2-3-10(9)15/h2-6H,1H3,(H,17,20)(H,18,21)(H2,16,22,23). The lowest BCUT2D eigenvalue weighted by Gasteiger charge is -2.10. The number of aromatic nitrogens is 1. The summed E-state index contributed by atoms with van der Waals surface area (Å²) in [4.78, 5) is 24.0. The van der Waals surface area contributed by atoms with Crippen LogP contribution >= 0.6 is 31.9 Å². The van der Waals surface area contributed by atoms with Gasteiger partial charge in [0, 0.05) is 22.2 Å². The first kappa shape index (κ1) is 18.6. The SMILES string of the molecule is Cn1cc(Br)cc1C(=O)NNC(=O)c1cc(S(N)(=O)=O)ccc1Br. The zero-order valence-corrected chi connectivity index (χ0v) is 16.2. The van der Waals surface area contributed by atoms with Gasteiger partial charge in [-0.15, -0.1) is 0 Å². The number of sulfonamides is 1. The Morgan fingerprint density at radius 3 is 2.29 bits per heavy atom.